The third-order valence-electron chi connectivity index (χ3n) is 7.75. The zero-order valence-electron chi connectivity index (χ0n) is 20.5. The van der Waals surface area contributed by atoms with E-state index in [1.165, 1.54) is 0 Å². The first-order valence-corrected chi connectivity index (χ1v) is 12.5. The molecule has 3 rings (SSSR count). The van der Waals surface area contributed by atoms with Crippen LogP contribution in [-0.2, 0) is 17.1 Å². The fourth-order valence-electron chi connectivity index (χ4n) is 5.36. The SMILES string of the molecule is CC(C(=O)CCC#N)C1CCC(CCN2CCN(c3cc(C(F)(F)F)cc(C(F)(F)F)c3)CC2)CC1. The van der Waals surface area contributed by atoms with Crippen molar-refractivity contribution in [3.8, 4) is 6.07 Å². The number of carbonyl (C=O) groups is 1. The highest BCUT2D eigenvalue weighted by Crippen LogP contribution is 2.39. The number of nitrogens with zero attached hydrogens (tertiary/aromatic N) is 3. The molecule has 2 aliphatic rings. The Kier molecular flexibility index (Phi) is 9.31. The lowest BCUT2D eigenvalue weighted by Crippen LogP contribution is -2.47. The minimum Gasteiger partial charge on any atom is -0.369 e. The Morgan fingerprint density at radius 1 is 0.972 bits per heavy atom. The van der Waals surface area contributed by atoms with Crippen LogP contribution >= 0.6 is 0 Å². The first-order valence-electron chi connectivity index (χ1n) is 12.5. The monoisotopic (exact) mass is 517 g/mol. The van der Waals surface area contributed by atoms with Crippen molar-refractivity contribution in [3.63, 3.8) is 0 Å². The predicted molar refractivity (Wildman–Crippen MR) is 124 cm³/mol. The molecule has 2 fully saturated rings. The summed E-state index contributed by atoms with van der Waals surface area (Å²) in [6.45, 7) is 4.71. The third-order valence-corrected chi connectivity index (χ3v) is 7.75. The number of piperazine rings is 1. The quantitative estimate of drug-likeness (QED) is 0.367. The van der Waals surface area contributed by atoms with Gasteiger partial charge in [-0.2, -0.15) is 31.6 Å². The summed E-state index contributed by atoms with van der Waals surface area (Å²) in [7, 11) is 0. The fourth-order valence-corrected chi connectivity index (χ4v) is 5.36. The van der Waals surface area contributed by atoms with E-state index >= 15 is 0 Å². The lowest BCUT2D eigenvalue weighted by Gasteiger charge is -2.38. The van der Waals surface area contributed by atoms with Crippen LogP contribution < -0.4 is 4.90 Å². The molecule has 1 aliphatic carbocycles. The zero-order chi connectivity index (χ0) is 26.5. The molecular weight excluding hydrogens is 484 g/mol. The molecule has 1 saturated carbocycles. The second-order valence-corrected chi connectivity index (χ2v) is 10.1. The van der Waals surface area contributed by atoms with Gasteiger partial charge in [-0.1, -0.05) is 19.8 Å². The molecule has 1 aliphatic heterocycles. The molecule has 10 heteroatoms. The van der Waals surface area contributed by atoms with E-state index in [2.05, 4.69) is 4.90 Å². The van der Waals surface area contributed by atoms with Crippen molar-refractivity contribution in [1.82, 2.24) is 4.90 Å². The predicted octanol–water partition coefficient (Wildman–Crippen LogP) is 6.55. The van der Waals surface area contributed by atoms with E-state index < -0.39 is 23.5 Å². The van der Waals surface area contributed by atoms with Gasteiger partial charge in [0.25, 0.3) is 0 Å². The van der Waals surface area contributed by atoms with Crippen LogP contribution in [0.4, 0.5) is 32.0 Å². The maximum Gasteiger partial charge on any atom is 0.416 e. The molecule has 4 nitrogen and oxygen atoms in total. The van der Waals surface area contributed by atoms with Crippen molar-refractivity contribution in [1.29, 1.82) is 5.26 Å². The maximum absolute atomic E-state index is 13.2. The topological polar surface area (TPSA) is 47.3 Å². The Labute approximate surface area is 208 Å². The minimum atomic E-state index is -4.85. The Morgan fingerprint density at radius 2 is 1.53 bits per heavy atom. The summed E-state index contributed by atoms with van der Waals surface area (Å²) in [4.78, 5) is 16.0. The third kappa shape index (κ3) is 7.61. The highest BCUT2D eigenvalue weighted by atomic mass is 19.4. The number of rotatable bonds is 8. The van der Waals surface area contributed by atoms with Crippen LogP contribution in [0.5, 0.6) is 0 Å². The Bertz CT molecular complexity index is 891. The first kappa shape index (κ1) is 28.3. The van der Waals surface area contributed by atoms with Crippen LogP contribution in [-0.4, -0.2) is 43.4 Å². The summed E-state index contributed by atoms with van der Waals surface area (Å²) in [6, 6.07) is 3.79. The lowest BCUT2D eigenvalue weighted by molar-refractivity contribution is -0.143. The molecule has 1 unspecified atom stereocenters. The van der Waals surface area contributed by atoms with E-state index in [4.69, 9.17) is 5.26 Å². The van der Waals surface area contributed by atoms with Crippen LogP contribution in [0, 0.1) is 29.1 Å². The zero-order valence-corrected chi connectivity index (χ0v) is 20.5. The van der Waals surface area contributed by atoms with Crippen molar-refractivity contribution in [2.45, 2.75) is 64.2 Å². The standard InChI is InChI=1S/C26H33F6N3O/c1-18(24(36)3-2-9-33)20-6-4-19(5-7-20)8-10-34-11-13-35(14-12-34)23-16-21(25(27,28)29)15-22(17-23)26(30,31)32/h15-20H,2-8,10-14H2,1H3. The van der Waals surface area contributed by atoms with Gasteiger partial charge < -0.3 is 4.90 Å². The van der Waals surface area contributed by atoms with Crippen molar-refractivity contribution in [2.75, 3.05) is 37.6 Å². The van der Waals surface area contributed by atoms with Gasteiger partial charge in [0.15, 0.2) is 0 Å². The Hall–Kier alpha value is -2.28. The molecule has 1 atom stereocenters. The van der Waals surface area contributed by atoms with E-state index in [0.29, 0.717) is 44.4 Å². The second kappa shape index (κ2) is 11.8. The number of hydrogen-bond donors (Lipinski definition) is 0. The van der Waals surface area contributed by atoms with Gasteiger partial charge in [-0.25, -0.2) is 0 Å². The average Bonchev–Trinajstić information content (AvgIpc) is 2.85. The molecule has 0 radical (unpaired) electrons. The van der Waals surface area contributed by atoms with E-state index in [1.54, 1.807) is 4.90 Å². The molecule has 0 N–H and O–H groups in total. The van der Waals surface area contributed by atoms with Gasteiger partial charge in [-0.3, -0.25) is 9.69 Å². The van der Waals surface area contributed by atoms with Gasteiger partial charge in [0.05, 0.1) is 17.2 Å². The second-order valence-electron chi connectivity index (χ2n) is 10.1. The number of carbonyl (C=O) groups excluding carboxylic acids is 1. The van der Waals surface area contributed by atoms with E-state index in [0.717, 1.165) is 50.8 Å². The number of hydrogen-bond acceptors (Lipinski definition) is 4. The smallest absolute Gasteiger partial charge is 0.369 e. The number of ketones is 1. The highest BCUT2D eigenvalue weighted by molar-refractivity contribution is 5.81. The van der Waals surface area contributed by atoms with Crippen LogP contribution in [0.3, 0.4) is 0 Å². The number of Topliss-reactive ketones (excluding diaryl/α,β-unsaturated/α-hetero) is 1. The van der Waals surface area contributed by atoms with Crippen LogP contribution in [0.15, 0.2) is 18.2 Å². The van der Waals surface area contributed by atoms with Gasteiger partial charge in [-0.15, -0.1) is 0 Å². The van der Waals surface area contributed by atoms with Gasteiger partial charge >= 0.3 is 12.4 Å². The summed E-state index contributed by atoms with van der Waals surface area (Å²) in [5, 5.41) is 8.67. The largest absolute Gasteiger partial charge is 0.416 e. The molecule has 36 heavy (non-hydrogen) atoms. The van der Waals surface area contributed by atoms with Gasteiger partial charge in [-0.05, 0) is 55.8 Å². The molecule has 0 spiro atoms. The van der Waals surface area contributed by atoms with E-state index in [1.807, 2.05) is 13.0 Å². The fraction of sp³-hybridized carbons (Fsp3) is 0.692. The maximum atomic E-state index is 13.2. The molecule has 200 valence electrons. The Morgan fingerprint density at radius 3 is 2.03 bits per heavy atom. The molecule has 1 aromatic carbocycles. The summed E-state index contributed by atoms with van der Waals surface area (Å²) in [5.74, 6) is 1.07. The van der Waals surface area contributed by atoms with Crippen molar-refractivity contribution < 1.29 is 31.1 Å². The number of alkyl halides is 6. The van der Waals surface area contributed by atoms with Crippen LogP contribution in [0.1, 0.15) is 63.0 Å². The van der Waals surface area contributed by atoms with E-state index in [-0.39, 0.29) is 29.9 Å². The van der Waals surface area contributed by atoms with Gasteiger partial charge in [0, 0.05) is 50.6 Å². The average molecular weight is 518 g/mol. The lowest BCUT2D eigenvalue weighted by atomic mass is 9.74. The molecular formula is C26H33F6N3O. The summed E-state index contributed by atoms with van der Waals surface area (Å²) in [5.41, 5.74) is -2.62. The van der Waals surface area contributed by atoms with Crippen molar-refractivity contribution in [2.24, 2.45) is 17.8 Å². The minimum absolute atomic E-state index is 0.0129. The number of halogens is 6. The van der Waals surface area contributed by atoms with E-state index in [9.17, 15) is 31.1 Å². The van der Waals surface area contributed by atoms with Gasteiger partial charge in [0.2, 0.25) is 0 Å². The van der Waals surface area contributed by atoms with Crippen LogP contribution in [0.2, 0.25) is 0 Å². The molecule has 0 amide bonds. The summed E-state index contributed by atoms with van der Waals surface area (Å²) >= 11 is 0. The summed E-state index contributed by atoms with van der Waals surface area (Å²) < 4.78 is 79.1. The van der Waals surface area contributed by atoms with Crippen molar-refractivity contribution in [3.05, 3.63) is 29.3 Å². The Balaban J connectivity index is 1.47. The summed E-state index contributed by atoms with van der Waals surface area (Å²) in [6.07, 6.45) is -4.03. The first-order chi connectivity index (χ1) is 16.9. The molecule has 1 heterocycles. The molecule has 1 saturated heterocycles. The number of anilines is 1. The number of nitriles is 1. The molecule has 0 bridgehead atoms. The molecule has 1 aromatic rings. The van der Waals surface area contributed by atoms with Crippen molar-refractivity contribution >= 4 is 11.5 Å². The van der Waals surface area contributed by atoms with Crippen LogP contribution in [0.25, 0.3) is 0 Å². The van der Waals surface area contributed by atoms with Gasteiger partial charge in [0.1, 0.15) is 5.78 Å². The highest BCUT2D eigenvalue weighted by Gasteiger charge is 2.37. The molecule has 0 aromatic heterocycles. The number of benzene rings is 1. The normalized spacial score (nSPS) is 22.8.